The summed E-state index contributed by atoms with van der Waals surface area (Å²) >= 11 is 0. The fraction of sp³-hybridized carbons (Fsp3) is 0.364. The number of nitrogens with one attached hydrogen (secondary N) is 1. The van der Waals surface area contributed by atoms with E-state index in [1.54, 1.807) is 5.06 Å². The molecule has 1 saturated heterocycles. The number of para-hydroxylation sites is 1. The number of aryl methyl sites for hydroxylation is 1. The number of methoxy groups -OCH3 is 1. The van der Waals surface area contributed by atoms with Gasteiger partial charge in [0.05, 0.1) is 26.4 Å². The zero-order valence-corrected chi connectivity index (χ0v) is 16.5. The molecule has 4 rings (SSSR count). The molecule has 3 atom stereocenters. The number of benzene rings is 2. The number of ether oxygens (including phenoxy) is 2. The van der Waals surface area contributed by atoms with Crippen LogP contribution in [0.3, 0.4) is 0 Å². The number of amides is 1. The Kier molecular flexibility index (Phi) is 5.51. The Morgan fingerprint density at radius 3 is 2.69 bits per heavy atom. The van der Waals surface area contributed by atoms with Crippen LogP contribution in [0.15, 0.2) is 48.5 Å². The Morgan fingerprint density at radius 2 is 1.93 bits per heavy atom. The van der Waals surface area contributed by atoms with Gasteiger partial charge in [-0.05, 0) is 18.6 Å². The van der Waals surface area contributed by atoms with Gasteiger partial charge in [0.15, 0.2) is 0 Å². The maximum Gasteiger partial charge on any atom is 0.325 e. The predicted octanol–water partition coefficient (Wildman–Crippen LogP) is 2.32. The Morgan fingerprint density at radius 1 is 1.17 bits per heavy atom. The van der Waals surface area contributed by atoms with E-state index < -0.39 is 12.0 Å². The van der Waals surface area contributed by atoms with Crippen LogP contribution in [-0.4, -0.2) is 43.8 Å². The number of hydrogen-bond donors (Lipinski definition) is 1. The van der Waals surface area contributed by atoms with Crippen LogP contribution in [0, 0.1) is 12.8 Å². The minimum atomic E-state index is -0.707. The van der Waals surface area contributed by atoms with Gasteiger partial charge in [-0.25, -0.2) is 0 Å². The van der Waals surface area contributed by atoms with Crippen LogP contribution in [0.1, 0.15) is 28.8 Å². The molecule has 2 aromatic rings. The highest BCUT2D eigenvalue weighted by atomic mass is 16.7. The van der Waals surface area contributed by atoms with Crippen molar-refractivity contribution in [2.45, 2.75) is 19.0 Å². The molecule has 2 aliphatic rings. The van der Waals surface area contributed by atoms with E-state index in [1.807, 2.05) is 55.5 Å². The molecule has 0 saturated carbocycles. The topological polar surface area (TPSA) is 77.1 Å². The summed E-state index contributed by atoms with van der Waals surface area (Å²) in [4.78, 5) is 30.7. The van der Waals surface area contributed by atoms with Gasteiger partial charge in [-0.1, -0.05) is 48.0 Å². The highest BCUT2D eigenvalue weighted by molar-refractivity contribution is 5.86. The summed E-state index contributed by atoms with van der Waals surface area (Å²) in [6, 6.07) is 14.8. The predicted molar refractivity (Wildman–Crippen MR) is 105 cm³/mol. The molecule has 7 nitrogen and oxygen atoms in total. The maximum atomic E-state index is 13.2. The number of nitrogens with zero attached hydrogens (tertiary/aromatic N) is 1. The number of carbonyl (C=O) groups is 2. The molecule has 7 heteroatoms. The summed E-state index contributed by atoms with van der Waals surface area (Å²) in [5.74, 6) is 0.106. The first-order valence-electron chi connectivity index (χ1n) is 9.62. The van der Waals surface area contributed by atoms with Crippen molar-refractivity contribution in [1.82, 2.24) is 10.4 Å². The van der Waals surface area contributed by atoms with Crippen molar-refractivity contribution < 1.29 is 23.9 Å². The number of esters is 1. The lowest BCUT2D eigenvalue weighted by Gasteiger charge is -2.35. The molecule has 2 aliphatic heterocycles. The monoisotopic (exact) mass is 396 g/mol. The summed E-state index contributed by atoms with van der Waals surface area (Å²) in [6.07, 6.45) is 0. The van der Waals surface area contributed by atoms with Crippen LogP contribution in [0.4, 0.5) is 0 Å². The molecule has 1 fully saturated rings. The van der Waals surface area contributed by atoms with Crippen LogP contribution in [0.25, 0.3) is 0 Å². The van der Waals surface area contributed by atoms with E-state index in [0.29, 0.717) is 13.2 Å². The lowest BCUT2D eigenvalue weighted by Crippen LogP contribution is -2.43. The van der Waals surface area contributed by atoms with Crippen LogP contribution in [0.5, 0.6) is 5.75 Å². The largest absolute Gasteiger partial charge is 0.493 e. The van der Waals surface area contributed by atoms with Crippen LogP contribution in [0.2, 0.25) is 0 Å². The zero-order valence-electron chi connectivity index (χ0n) is 16.5. The van der Waals surface area contributed by atoms with Gasteiger partial charge < -0.3 is 14.8 Å². The average molecular weight is 396 g/mol. The van der Waals surface area contributed by atoms with Crippen molar-refractivity contribution in [3.63, 3.8) is 0 Å². The molecule has 2 heterocycles. The Labute approximate surface area is 169 Å². The van der Waals surface area contributed by atoms with Crippen molar-refractivity contribution in [3.8, 4) is 5.75 Å². The van der Waals surface area contributed by atoms with E-state index in [9.17, 15) is 9.59 Å². The fourth-order valence-electron chi connectivity index (χ4n) is 3.87. The van der Waals surface area contributed by atoms with Crippen LogP contribution >= 0.6 is 0 Å². The van der Waals surface area contributed by atoms with Crippen molar-refractivity contribution in [3.05, 3.63) is 65.2 Å². The summed E-state index contributed by atoms with van der Waals surface area (Å²) in [7, 11) is 1.29. The first kappa shape index (κ1) is 19.4. The number of hydroxylamine groups is 2. The molecule has 152 valence electrons. The summed E-state index contributed by atoms with van der Waals surface area (Å²) in [6.45, 7) is 2.79. The van der Waals surface area contributed by atoms with E-state index in [2.05, 4.69) is 10.1 Å². The van der Waals surface area contributed by atoms with Gasteiger partial charge in [-0.15, -0.1) is 0 Å². The quantitative estimate of drug-likeness (QED) is 0.782. The van der Waals surface area contributed by atoms with E-state index in [1.165, 1.54) is 7.11 Å². The second-order valence-electron chi connectivity index (χ2n) is 7.32. The van der Waals surface area contributed by atoms with Crippen LogP contribution < -0.4 is 10.1 Å². The minimum absolute atomic E-state index is 0.116. The number of hydrogen-bond acceptors (Lipinski definition) is 6. The molecule has 0 spiro atoms. The second-order valence-corrected chi connectivity index (χ2v) is 7.32. The Bertz CT molecular complexity index is 898. The Hall–Kier alpha value is -2.90. The van der Waals surface area contributed by atoms with Gasteiger partial charge in [0, 0.05) is 11.5 Å². The number of fused-ring (bicyclic) bond motifs is 3. The SMILES string of the molecule is COC(=O)CNC(=O)[C@H](c1ccc(C)cc1)N1OC[C@@H]2COc3ccccc3[C@@H]21. The lowest BCUT2D eigenvalue weighted by molar-refractivity contribution is -0.177. The molecule has 0 bridgehead atoms. The maximum absolute atomic E-state index is 13.2. The number of rotatable bonds is 5. The molecule has 1 amide bonds. The fourth-order valence-corrected chi connectivity index (χ4v) is 3.87. The Balaban J connectivity index is 1.68. The summed E-state index contributed by atoms with van der Waals surface area (Å²) in [5, 5.41) is 4.43. The number of carbonyl (C=O) groups excluding carboxylic acids is 2. The van der Waals surface area contributed by atoms with Crippen molar-refractivity contribution in [2.75, 3.05) is 26.9 Å². The average Bonchev–Trinajstić information content (AvgIpc) is 3.18. The normalized spacial score (nSPS) is 21.4. The molecule has 0 aromatic heterocycles. The molecule has 0 radical (unpaired) electrons. The molecule has 0 aliphatic carbocycles. The zero-order chi connectivity index (χ0) is 20.4. The van der Waals surface area contributed by atoms with Gasteiger partial charge in [0.1, 0.15) is 18.3 Å². The third kappa shape index (κ3) is 3.83. The van der Waals surface area contributed by atoms with E-state index in [0.717, 1.165) is 22.4 Å². The highest BCUT2D eigenvalue weighted by Crippen LogP contribution is 2.46. The van der Waals surface area contributed by atoms with Gasteiger partial charge >= 0.3 is 5.97 Å². The summed E-state index contributed by atoms with van der Waals surface area (Å²) < 4.78 is 10.5. The molecular formula is C22H24N2O5. The van der Waals surface area contributed by atoms with Crippen molar-refractivity contribution in [2.24, 2.45) is 5.92 Å². The lowest BCUT2D eigenvalue weighted by atomic mass is 9.90. The van der Waals surface area contributed by atoms with Crippen molar-refractivity contribution >= 4 is 11.9 Å². The third-order valence-corrected chi connectivity index (χ3v) is 5.38. The van der Waals surface area contributed by atoms with E-state index in [4.69, 9.17) is 9.57 Å². The molecular weight excluding hydrogens is 372 g/mol. The van der Waals surface area contributed by atoms with Gasteiger partial charge in [-0.2, -0.15) is 5.06 Å². The van der Waals surface area contributed by atoms with Crippen LogP contribution in [-0.2, 0) is 19.2 Å². The smallest absolute Gasteiger partial charge is 0.325 e. The summed E-state index contributed by atoms with van der Waals surface area (Å²) in [5.41, 5.74) is 2.89. The third-order valence-electron chi connectivity index (χ3n) is 5.38. The van der Waals surface area contributed by atoms with Gasteiger partial charge in [0.2, 0.25) is 5.91 Å². The first-order valence-corrected chi connectivity index (χ1v) is 9.62. The molecule has 0 unspecified atom stereocenters. The molecule has 29 heavy (non-hydrogen) atoms. The van der Waals surface area contributed by atoms with Gasteiger partial charge in [0.25, 0.3) is 0 Å². The molecule has 1 N–H and O–H groups in total. The minimum Gasteiger partial charge on any atom is -0.493 e. The second kappa shape index (κ2) is 8.23. The van der Waals surface area contributed by atoms with Gasteiger partial charge in [-0.3, -0.25) is 14.4 Å². The highest BCUT2D eigenvalue weighted by Gasteiger charge is 2.46. The first-order chi connectivity index (χ1) is 14.1. The van der Waals surface area contributed by atoms with Crippen molar-refractivity contribution in [1.29, 1.82) is 0 Å². The standard InChI is InChI=1S/C22H24N2O5/c1-14-7-9-15(10-8-14)21(22(26)23-11-19(25)27-2)24-20-16(13-29-24)12-28-18-6-4-3-5-17(18)20/h3-10,16,20-21H,11-13H2,1-2H3,(H,23,26)/t16-,20+,21-/m0/s1. The van der Waals surface area contributed by atoms with E-state index >= 15 is 0 Å². The van der Waals surface area contributed by atoms with E-state index in [-0.39, 0.29) is 24.4 Å². The molecule has 2 aromatic carbocycles.